The molecular weight excluding hydrogens is 248 g/mol. The molecule has 2 heterocycles. The maximum absolute atomic E-state index is 12.5. The highest BCUT2D eigenvalue weighted by Crippen LogP contribution is 2.22. The molecule has 3 nitrogen and oxygen atoms in total. The van der Waals surface area contributed by atoms with Crippen molar-refractivity contribution in [2.45, 2.75) is 20.3 Å². The second-order valence-electron chi connectivity index (χ2n) is 6.31. The highest BCUT2D eigenvalue weighted by molar-refractivity contribution is 6.08. The molecular formula is C17H22N2O. The Morgan fingerprint density at radius 1 is 1.25 bits per heavy atom. The number of aromatic nitrogens is 1. The Hall–Kier alpha value is -1.61. The molecule has 0 aliphatic carbocycles. The lowest BCUT2D eigenvalue weighted by Crippen LogP contribution is -2.41. The van der Waals surface area contributed by atoms with Gasteiger partial charge in [0, 0.05) is 35.8 Å². The Bertz CT molecular complexity index is 606. The molecule has 1 fully saturated rings. The molecule has 20 heavy (non-hydrogen) atoms. The van der Waals surface area contributed by atoms with Crippen LogP contribution in [0.1, 0.15) is 30.6 Å². The quantitative estimate of drug-likeness (QED) is 0.868. The number of likely N-dealkylation sites (tertiary alicyclic amines) is 1. The van der Waals surface area contributed by atoms with Gasteiger partial charge in [-0.25, -0.2) is 0 Å². The monoisotopic (exact) mass is 270 g/mol. The number of piperidine rings is 1. The third kappa shape index (κ3) is 2.63. The highest BCUT2D eigenvalue weighted by atomic mass is 16.1. The first-order chi connectivity index (χ1) is 9.63. The summed E-state index contributed by atoms with van der Waals surface area (Å²) in [6.45, 7) is 7.17. The minimum atomic E-state index is 0.226. The van der Waals surface area contributed by atoms with Gasteiger partial charge < -0.3 is 4.98 Å². The molecule has 0 bridgehead atoms. The van der Waals surface area contributed by atoms with E-state index in [-0.39, 0.29) is 5.78 Å². The summed E-state index contributed by atoms with van der Waals surface area (Å²) in [5, 5.41) is 1.04. The summed E-state index contributed by atoms with van der Waals surface area (Å²) >= 11 is 0. The number of fused-ring (bicyclic) bond motifs is 1. The smallest absolute Gasteiger partial charge is 0.178 e. The van der Waals surface area contributed by atoms with Gasteiger partial charge in [0.15, 0.2) is 5.78 Å². The topological polar surface area (TPSA) is 36.1 Å². The first-order valence-electron chi connectivity index (χ1n) is 7.45. The Balaban J connectivity index is 1.76. The van der Waals surface area contributed by atoms with Crippen molar-refractivity contribution in [1.82, 2.24) is 9.88 Å². The summed E-state index contributed by atoms with van der Waals surface area (Å²) in [7, 11) is 0. The summed E-state index contributed by atoms with van der Waals surface area (Å²) in [5.41, 5.74) is 1.86. The van der Waals surface area contributed by atoms with E-state index in [1.807, 2.05) is 30.5 Å². The van der Waals surface area contributed by atoms with Crippen LogP contribution in [-0.4, -0.2) is 35.3 Å². The number of H-pyrrole nitrogens is 1. The van der Waals surface area contributed by atoms with Gasteiger partial charge >= 0.3 is 0 Å². The zero-order chi connectivity index (χ0) is 14.1. The molecule has 2 atom stereocenters. The van der Waals surface area contributed by atoms with Crippen molar-refractivity contribution >= 4 is 16.7 Å². The lowest BCUT2D eigenvalue weighted by atomic mass is 9.91. The van der Waals surface area contributed by atoms with E-state index in [9.17, 15) is 4.79 Å². The maximum Gasteiger partial charge on any atom is 0.178 e. The molecule has 1 saturated heterocycles. The highest BCUT2D eigenvalue weighted by Gasteiger charge is 2.24. The van der Waals surface area contributed by atoms with Gasteiger partial charge in [0.1, 0.15) is 0 Å². The van der Waals surface area contributed by atoms with Crippen LogP contribution in [-0.2, 0) is 0 Å². The van der Waals surface area contributed by atoms with Gasteiger partial charge in [0.2, 0.25) is 0 Å². The van der Waals surface area contributed by atoms with Crippen LogP contribution >= 0.6 is 0 Å². The summed E-state index contributed by atoms with van der Waals surface area (Å²) in [6.07, 6.45) is 3.13. The molecule has 0 spiro atoms. The average Bonchev–Trinajstić information content (AvgIpc) is 2.81. The lowest BCUT2D eigenvalue weighted by molar-refractivity contribution is 0.0851. The van der Waals surface area contributed by atoms with Gasteiger partial charge in [-0.2, -0.15) is 0 Å². The molecule has 3 rings (SSSR count). The van der Waals surface area contributed by atoms with Crippen molar-refractivity contribution in [2.24, 2.45) is 11.8 Å². The van der Waals surface area contributed by atoms with E-state index < -0.39 is 0 Å². The zero-order valence-corrected chi connectivity index (χ0v) is 12.2. The van der Waals surface area contributed by atoms with Gasteiger partial charge in [-0.05, 0) is 24.3 Å². The number of rotatable bonds is 3. The van der Waals surface area contributed by atoms with Crippen molar-refractivity contribution in [3.8, 4) is 0 Å². The maximum atomic E-state index is 12.5. The fourth-order valence-electron chi connectivity index (χ4n) is 3.51. The van der Waals surface area contributed by atoms with Gasteiger partial charge in [0.25, 0.3) is 0 Å². The Labute approximate surface area is 120 Å². The number of Topliss-reactive ketones (excluding diaryl/α,β-unsaturated/α-hetero) is 1. The third-order valence-corrected chi connectivity index (χ3v) is 4.20. The van der Waals surface area contributed by atoms with E-state index in [1.54, 1.807) is 0 Å². The molecule has 3 heteroatoms. The number of ketones is 1. The molecule has 1 aromatic heterocycles. The van der Waals surface area contributed by atoms with Crippen molar-refractivity contribution < 1.29 is 4.79 Å². The molecule has 1 aromatic carbocycles. The van der Waals surface area contributed by atoms with Crippen molar-refractivity contribution in [1.29, 1.82) is 0 Å². The molecule has 1 aliphatic rings. The summed E-state index contributed by atoms with van der Waals surface area (Å²) in [5.74, 6) is 1.60. The number of aromatic amines is 1. The molecule has 0 unspecified atom stereocenters. The normalized spacial score (nSPS) is 24.1. The summed E-state index contributed by atoms with van der Waals surface area (Å²) in [6, 6.07) is 8.00. The molecule has 0 saturated carbocycles. The average molecular weight is 270 g/mol. The van der Waals surface area contributed by atoms with Crippen molar-refractivity contribution in [2.75, 3.05) is 19.6 Å². The number of nitrogens with one attached hydrogen (secondary N) is 1. The van der Waals surface area contributed by atoms with Crippen LogP contribution in [0.4, 0.5) is 0 Å². The van der Waals surface area contributed by atoms with Crippen LogP contribution in [0.2, 0.25) is 0 Å². The fourth-order valence-corrected chi connectivity index (χ4v) is 3.51. The van der Waals surface area contributed by atoms with Crippen molar-refractivity contribution in [3.05, 3.63) is 36.0 Å². The number of hydrogen-bond donors (Lipinski definition) is 1. The van der Waals surface area contributed by atoms with E-state index in [1.165, 1.54) is 6.42 Å². The van der Waals surface area contributed by atoms with Crippen LogP contribution in [0, 0.1) is 11.8 Å². The Kier molecular flexibility index (Phi) is 3.62. The fraction of sp³-hybridized carbons (Fsp3) is 0.471. The summed E-state index contributed by atoms with van der Waals surface area (Å²) < 4.78 is 0. The predicted molar refractivity (Wildman–Crippen MR) is 82.0 cm³/mol. The van der Waals surface area contributed by atoms with Gasteiger partial charge in [-0.3, -0.25) is 9.69 Å². The SMILES string of the molecule is C[C@@H]1C[C@@H](C)CN(CC(=O)c2c[nH]c3ccccc23)C1. The van der Waals surface area contributed by atoms with Gasteiger partial charge in [-0.1, -0.05) is 32.0 Å². The summed E-state index contributed by atoms with van der Waals surface area (Å²) in [4.78, 5) is 18.0. The molecule has 0 amide bonds. The molecule has 106 valence electrons. The van der Waals surface area contributed by atoms with E-state index in [2.05, 4.69) is 23.7 Å². The Morgan fingerprint density at radius 3 is 2.70 bits per heavy atom. The third-order valence-electron chi connectivity index (χ3n) is 4.20. The van der Waals surface area contributed by atoms with Crippen molar-refractivity contribution in [3.63, 3.8) is 0 Å². The minimum Gasteiger partial charge on any atom is -0.360 e. The zero-order valence-electron chi connectivity index (χ0n) is 12.2. The molecule has 1 aliphatic heterocycles. The number of benzene rings is 1. The molecule has 2 aromatic rings. The van der Waals surface area contributed by atoms with E-state index in [0.717, 1.165) is 29.6 Å². The predicted octanol–water partition coefficient (Wildman–Crippen LogP) is 3.33. The van der Waals surface area contributed by atoms with Gasteiger partial charge in [0.05, 0.1) is 6.54 Å². The first-order valence-corrected chi connectivity index (χ1v) is 7.45. The van der Waals surface area contributed by atoms with Crippen LogP contribution in [0.5, 0.6) is 0 Å². The van der Waals surface area contributed by atoms with E-state index in [4.69, 9.17) is 0 Å². The number of para-hydroxylation sites is 1. The second-order valence-corrected chi connectivity index (χ2v) is 6.31. The molecule has 1 N–H and O–H groups in total. The standard InChI is InChI=1S/C17H22N2O/c1-12-7-13(2)10-19(9-12)11-17(20)15-8-18-16-6-4-3-5-14(15)16/h3-6,8,12-13,18H,7,9-11H2,1-2H3/t12-,13-/m1/s1. The molecule has 0 radical (unpaired) electrons. The van der Waals surface area contributed by atoms with Crippen LogP contribution in [0.25, 0.3) is 10.9 Å². The lowest BCUT2D eigenvalue weighted by Gasteiger charge is -2.34. The second kappa shape index (κ2) is 5.41. The van der Waals surface area contributed by atoms with Crippen LogP contribution in [0.15, 0.2) is 30.5 Å². The van der Waals surface area contributed by atoms with E-state index in [0.29, 0.717) is 18.4 Å². The Morgan fingerprint density at radius 2 is 1.95 bits per heavy atom. The largest absolute Gasteiger partial charge is 0.360 e. The number of carbonyl (C=O) groups is 1. The van der Waals surface area contributed by atoms with E-state index >= 15 is 0 Å². The number of nitrogens with zero attached hydrogens (tertiary/aromatic N) is 1. The van der Waals surface area contributed by atoms with Gasteiger partial charge in [-0.15, -0.1) is 0 Å². The number of hydrogen-bond acceptors (Lipinski definition) is 2. The minimum absolute atomic E-state index is 0.226. The van der Waals surface area contributed by atoms with Crippen LogP contribution in [0.3, 0.4) is 0 Å². The van der Waals surface area contributed by atoms with Crippen LogP contribution < -0.4 is 0 Å². The number of carbonyl (C=O) groups excluding carboxylic acids is 1. The first kappa shape index (κ1) is 13.4.